The lowest BCUT2D eigenvalue weighted by Gasteiger charge is -2.34. The molecule has 4 heteroatoms. The number of para-hydroxylation sites is 1. The molecule has 21 heavy (non-hydrogen) atoms. The smallest absolute Gasteiger partial charge is 0.125 e. The van der Waals surface area contributed by atoms with Crippen LogP contribution in [0.1, 0.15) is 24.3 Å². The van der Waals surface area contributed by atoms with Gasteiger partial charge in [-0.25, -0.2) is 0 Å². The van der Waals surface area contributed by atoms with Crippen molar-refractivity contribution in [3.63, 3.8) is 0 Å². The maximum absolute atomic E-state index is 5.82. The molecule has 0 amide bonds. The van der Waals surface area contributed by atoms with E-state index in [1.807, 2.05) is 25.1 Å². The Labute approximate surface area is 125 Å². The van der Waals surface area contributed by atoms with Crippen molar-refractivity contribution >= 4 is 0 Å². The zero-order valence-corrected chi connectivity index (χ0v) is 12.4. The van der Waals surface area contributed by atoms with Crippen molar-refractivity contribution in [3.8, 4) is 5.75 Å². The van der Waals surface area contributed by atoms with E-state index in [1.165, 1.54) is 5.56 Å². The third-order valence-electron chi connectivity index (χ3n) is 3.84. The first kappa shape index (κ1) is 14.2. The average molecular weight is 286 g/mol. The molecular formula is C17H22N2O2. The molecule has 0 bridgehead atoms. The Kier molecular flexibility index (Phi) is 4.58. The lowest BCUT2D eigenvalue weighted by atomic mass is 10.0. The molecule has 0 spiro atoms. The molecule has 1 aromatic heterocycles. The van der Waals surface area contributed by atoms with Crippen molar-refractivity contribution in [2.24, 2.45) is 0 Å². The summed E-state index contributed by atoms with van der Waals surface area (Å²) in [5.74, 6) is 1.92. The zero-order chi connectivity index (χ0) is 14.5. The second-order valence-corrected chi connectivity index (χ2v) is 5.17. The summed E-state index contributed by atoms with van der Waals surface area (Å²) >= 11 is 0. The second-order valence-electron chi connectivity index (χ2n) is 5.17. The van der Waals surface area contributed by atoms with E-state index in [0.717, 1.165) is 37.7 Å². The molecule has 0 radical (unpaired) electrons. The summed E-state index contributed by atoms with van der Waals surface area (Å²) in [5.41, 5.74) is 1.18. The number of hydrogen-bond donors (Lipinski definition) is 1. The highest BCUT2D eigenvalue weighted by molar-refractivity contribution is 5.39. The first-order valence-corrected chi connectivity index (χ1v) is 7.60. The summed E-state index contributed by atoms with van der Waals surface area (Å²) in [7, 11) is 0. The van der Waals surface area contributed by atoms with Gasteiger partial charge >= 0.3 is 0 Å². The van der Waals surface area contributed by atoms with Gasteiger partial charge < -0.3 is 14.5 Å². The van der Waals surface area contributed by atoms with Gasteiger partial charge in [-0.2, -0.15) is 0 Å². The number of ether oxygens (including phenoxy) is 1. The van der Waals surface area contributed by atoms with Crippen LogP contribution in [0.3, 0.4) is 0 Å². The Hall–Kier alpha value is -1.78. The van der Waals surface area contributed by atoms with Crippen molar-refractivity contribution in [1.29, 1.82) is 0 Å². The Morgan fingerprint density at radius 2 is 2.00 bits per heavy atom. The van der Waals surface area contributed by atoms with Crippen molar-refractivity contribution < 1.29 is 9.15 Å². The molecule has 1 fully saturated rings. The first-order valence-electron chi connectivity index (χ1n) is 7.60. The minimum Gasteiger partial charge on any atom is -0.494 e. The molecule has 0 saturated carbocycles. The molecule has 2 aromatic rings. The van der Waals surface area contributed by atoms with Crippen molar-refractivity contribution in [2.45, 2.75) is 13.0 Å². The van der Waals surface area contributed by atoms with E-state index < -0.39 is 0 Å². The fraction of sp³-hybridized carbons (Fsp3) is 0.412. The number of rotatable bonds is 5. The van der Waals surface area contributed by atoms with E-state index in [1.54, 1.807) is 6.26 Å². The maximum Gasteiger partial charge on any atom is 0.125 e. The third-order valence-corrected chi connectivity index (χ3v) is 3.84. The summed E-state index contributed by atoms with van der Waals surface area (Å²) < 4.78 is 11.5. The number of hydrogen-bond acceptors (Lipinski definition) is 4. The molecule has 3 rings (SSSR count). The van der Waals surface area contributed by atoms with Gasteiger partial charge in [0.2, 0.25) is 0 Å². The number of nitrogens with one attached hydrogen (secondary N) is 1. The minimum atomic E-state index is 0.116. The summed E-state index contributed by atoms with van der Waals surface area (Å²) in [6, 6.07) is 12.4. The zero-order valence-electron chi connectivity index (χ0n) is 12.4. The molecule has 1 aromatic carbocycles. The fourth-order valence-electron chi connectivity index (χ4n) is 2.91. The van der Waals surface area contributed by atoms with Crippen LogP contribution in [-0.4, -0.2) is 37.7 Å². The van der Waals surface area contributed by atoms with Crippen molar-refractivity contribution in [2.75, 3.05) is 32.8 Å². The van der Waals surface area contributed by atoms with Gasteiger partial charge in [0, 0.05) is 31.7 Å². The molecule has 0 aliphatic carbocycles. The van der Waals surface area contributed by atoms with Gasteiger partial charge in [-0.3, -0.25) is 4.90 Å². The molecule has 2 heterocycles. The van der Waals surface area contributed by atoms with Crippen LogP contribution in [0.2, 0.25) is 0 Å². The molecule has 1 aliphatic rings. The summed E-state index contributed by atoms with van der Waals surface area (Å²) in [5, 5.41) is 3.40. The van der Waals surface area contributed by atoms with E-state index in [0.29, 0.717) is 6.61 Å². The van der Waals surface area contributed by atoms with E-state index >= 15 is 0 Å². The topological polar surface area (TPSA) is 37.6 Å². The van der Waals surface area contributed by atoms with Gasteiger partial charge in [-0.05, 0) is 25.1 Å². The van der Waals surface area contributed by atoms with Crippen LogP contribution < -0.4 is 10.1 Å². The first-order chi connectivity index (χ1) is 10.4. The van der Waals surface area contributed by atoms with E-state index in [9.17, 15) is 0 Å². The highest BCUT2D eigenvalue weighted by atomic mass is 16.5. The quantitative estimate of drug-likeness (QED) is 0.917. The van der Waals surface area contributed by atoms with Gasteiger partial charge in [0.25, 0.3) is 0 Å². The normalized spacial score (nSPS) is 17.6. The summed E-state index contributed by atoms with van der Waals surface area (Å²) in [6.45, 7) is 6.71. The Balaban J connectivity index is 1.98. The number of benzene rings is 1. The van der Waals surface area contributed by atoms with Crippen LogP contribution in [0, 0.1) is 0 Å². The fourth-order valence-corrected chi connectivity index (χ4v) is 2.91. The van der Waals surface area contributed by atoms with Crippen LogP contribution in [-0.2, 0) is 0 Å². The molecule has 1 aliphatic heterocycles. The van der Waals surface area contributed by atoms with Crippen LogP contribution in [0.5, 0.6) is 5.75 Å². The van der Waals surface area contributed by atoms with Gasteiger partial charge in [0.15, 0.2) is 0 Å². The minimum absolute atomic E-state index is 0.116. The molecule has 1 N–H and O–H groups in total. The van der Waals surface area contributed by atoms with Crippen LogP contribution in [0.4, 0.5) is 0 Å². The Bertz CT molecular complexity index is 548. The second kappa shape index (κ2) is 6.78. The van der Waals surface area contributed by atoms with Gasteiger partial charge in [-0.15, -0.1) is 0 Å². The lowest BCUT2D eigenvalue weighted by Crippen LogP contribution is -2.45. The van der Waals surface area contributed by atoms with Gasteiger partial charge in [-0.1, -0.05) is 18.2 Å². The average Bonchev–Trinajstić information content (AvgIpc) is 3.05. The molecule has 4 nitrogen and oxygen atoms in total. The summed E-state index contributed by atoms with van der Waals surface area (Å²) in [4.78, 5) is 2.45. The van der Waals surface area contributed by atoms with Crippen LogP contribution >= 0.6 is 0 Å². The third kappa shape index (κ3) is 3.12. The van der Waals surface area contributed by atoms with E-state index in [4.69, 9.17) is 9.15 Å². The van der Waals surface area contributed by atoms with Crippen LogP contribution in [0.25, 0.3) is 0 Å². The Morgan fingerprint density at radius 3 is 2.71 bits per heavy atom. The van der Waals surface area contributed by atoms with Gasteiger partial charge in [0.1, 0.15) is 11.5 Å². The molecule has 1 saturated heterocycles. The van der Waals surface area contributed by atoms with E-state index in [-0.39, 0.29) is 6.04 Å². The maximum atomic E-state index is 5.82. The monoisotopic (exact) mass is 286 g/mol. The molecular weight excluding hydrogens is 264 g/mol. The number of nitrogens with zero attached hydrogens (tertiary/aromatic N) is 1. The molecule has 112 valence electrons. The highest BCUT2D eigenvalue weighted by Gasteiger charge is 2.28. The predicted molar refractivity (Wildman–Crippen MR) is 82.6 cm³/mol. The Morgan fingerprint density at radius 1 is 1.19 bits per heavy atom. The van der Waals surface area contributed by atoms with Crippen molar-refractivity contribution in [3.05, 3.63) is 54.0 Å². The lowest BCUT2D eigenvalue weighted by molar-refractivity contribution is 0.176. The number of furan rings is 1. The SMILES string of the molecule is CCOc1ccccc1C(c1ccco1)N1CCNCC1. The largest absolute Gasteiger partial charge is 0.494 e. The predicted octanol–water partition coefficient (Wildman–Crippen LogP) is 2.67. The molecule has 1 atom stereocenters. The van der Waals surface area contributed by atoms with Crippen molar-refractivity contribution in [1.82, 2.24) is 10.2 Å². The number of piperazine rings is 1. The van der Waals surface area contributed by atoms with Gasteiger partial charge in [0.05, 0.1) is 18.9 Å². The van der Waals surface area contributed by atoms with E-state index in [2.05, 4.69) is 28.4 Å². The highest BCUT2D eigenvalue weighted by Crippen LogP contribution is 2.35. The molecule has 1 unspecified atom stereocenters. The summed E-state index contributed by atoms with van der Waals surface area (Å²) in [6.07, 6.45) is 1.74. The van der Waals surface area contributed by atoms with Crippen LogP contribution in [0.15, 0.2) is 47.1 Å². The standard InChI is InChI=1S/C17H22N2O2/c1-2-20-15-7-4-3-6-14(15)17(16-8-5-13-21-16)19-11-9-18-10-12-19/h3-8,13,17-18H,2,9-12H2,1H3.